The number of hydrogen-bond donors (Lipinski definition) is 2. The van der Waals surface area contributed by atoms with Crippen molar-refractivity contribution in [2.75, 3.05) is 5.32 Å². The molecule has 28 heavy (non-hydrogen) atoms. The van der Waals surface area contributed by atoms with Crippen LogP contribution in [-0.4, -0.2) is 26.0 Å². The van der Waals surface area contributed by atoms with E-state index in [0.29, 0.717) is 5.56 Å². The Morgan fingerprint density at radius 2 is 1.64 bits per heavy atom. The van der Waals surface area contributed by atoms with Crippen LogP contribution in [0.1, 0.15) is 15.9 Å². The van der Waals surface area contributed by atoms with Crippen molar-refractivity contribution in [1.82, 2.24) is 20.3 Å². The number of carbonyl (C=O) groups is 1. The molecular weight excluding hydrogens is 370 g/mol. The predicted octanol–water partition coefficient (Wildman–Crippen LogP) is 3.86. The lowest BCUT2D eigenvalue weighted by Gasteiger charge is -2.09. The third-order valence-corrected chi connectivity index (χ3v) is 4.37. The lowest BCUT2D eigenvalue weighted by molar-refractivity contribution is 0.0977. The molecule has 1 aromatic heterocycles. The van der Waals surface area contributed by atoms with E-state index in [0.717, 1.165) is 22.4 Å². The van der Waals surface area contributed by atoms with E-state index in [1.54, 1.807) is 29.1 Å². The highest BCUT2D eigenvalue weighted by Crippen LogP contribution is 2.18. The standard InChI is InChI=1S/C21H17N5OS/c1-14-7-10-17(11-8-14)26-24-18-12-9-16(13-19(18)25-26)22-21(28)23-20(27)15-5-3-2-4-6-15/h2-13H,1H3,(H2,22,23,27,28). The summed E-state index contributed by atoms with van der Waals surface area (Å²) in [6.07, 6.45) is 0. The van der Waals surface area contributed by atoms with E-state index in [1.807, 2.05) is 55.5 Å². The Balaban J connectivity index is 1.49. The Hall–Kier alpha value is -3.58. The predicted molar refractivity (Wildman–Crippen MR) is 114 cm³/mol. The zero-order valence-electron chi connectivity index (χ0n) is 15.1. The maximum absolute atomic E-state index is 12.2. The van der Waals surface area contributed by atoms with E-state index < -0.39 is 0 Å². The molecule has 4 rings (SSSR count). The number of rotatable bonds is 3. The fraction of sp³-hybridized carbons (Fsp3) is 0.0476. The van der Waals surface area contributed by atoms with Gasteiger partial charge in [0, 0.05) is 11.3 Å². The quantitative estimate of drug-likeness (QED) is 0.523. The van der Waals surface area contributed by atoms with Crippen LogP contribution in [0, 0.1) is 6.92 Å². The molecule has 0 radical (unpaired) electrons. The molecule has 0 aliphatic rings. The van der Waals surface area contributed by atoms with Crippen LogP contribution in [0.2, 0.25) is 0 Å². The van der Waals surface area contributed by atoms with Crippen molar-refractivity contribution in [2.45, 2.75) is 6.92 Å². The highest BCUT2D eigenvalue weighted by Gasteiger charge is 2.09. The van der Waals surface area contributed by atoms with Gasteiger partial charge >= 0.3 is 0 Å². The average Bonchev–Trinajstić information content (AvgIpc) is 3.12. The summed E-state index contributed by atoms with van der Waals surface area (Å²) < 4.78 is 0. The molecule has 0 saturated heterocycles. The maximum Gasteiger partial charge on any atom is 0.257 e. The third kappa shape index (κ3) is 3.89. The van der Waals surface area contributed by atoms with Crippen molar-refractivity contribution in [3.8, 4) is 5.69 Å². The van der Waals surface area contributed by atoms with Gasteiger partial charge in [0.05, 0.1) is 5.69 Å². The van der Waals surface area contributed by atoms with Crippen LogP contribution in [0.5, 0.6) is 0 Å². The largest absolute Gasteiger partial charge is 0.332 e. The minimum absolute atomic E-state index is 0.221. The number of carbonyl (C=O) groups excluding carboxylic acids is 1. The number of fused-ring (bicyclic) bond motifs is 1. The summed E-state index contributed by atoms with van der Waals surface area (Å²) in [5.41, 5.74) is 4.83. The molecule has 0 unspecified atom stereocenters. The van der Waals surface area contributed by atoms with Gasteiger partial charge in [0.1, 0.15) is 11.0 Å². The fourth-order valence-electron chi connectivity index (χ4n) is 2.71. The van der Waals surface area contributed by atoms with Gasteiger partial charge in [0.15, 0.2) is 5.11 Å². The van der Waals surface area contributed by atoms with Crippen molar-refractivity contribution < 1.29 is 4.79 Å². The second-order valence-electron chi connectivity index (χ2n) is 6.30. The zero-order chi connectivity index (χ0) is 19.5. The Morgan fingerprint density at radius 3 is 2.39 bits per heavy atom. The number of aromatic nitrogens is 3. The Labute approximate surface area is 167 Å². The van der Waals surface area contributed by atoms with Crippen molar-refractivity contribution in [2.24, 2.45) is 0 Å². The highest BCUT2D eigenvalue weighted by molar-refractivity contribution is 7.80. The molecule has 6 nitrogen and oxygen atoms in total. The van der Waals surface area contributed by atoms with Crippen LogP contribution >= 0.6 is 12.2 Å². The molecule has 0 aliphatic heterocycles. The van der Waals surface area contributed by atoms with Crippen LogP contribution in [0.15, 0.2) is 72.8 Å². The van der Waals surface area contributed by atoms with Gasteiger partial charge in [-0.2, -0.15) is 4.80 Å². The van der Waals surface area contributed by atoms with Crippen molar-refractivity contribution in [3.63, 3.8) is 0 Å². The smallest absolute Gasteiger partial charge is 0.257 e. The second kappa shape index (κ2) is 7.58. The van der Waals surface area contributed by atoms with Crippen LogP contribution in [0.3, 0.4) is 0 Å². The van der Waals surface area contributed by atoms with E-state index >= 15 is 0 Å². The number of aryl methyl sites for hydroxylation is 1. The number of nitrogens with zero attached hydrogens (tertiary/aromatic N) is 3. The summed E-state index contributed by atoms with van der Waals surface area (Å²) >= 11 is 5.24. The SMILES string of the molecule is Cc1ccc(-n2nc3ccc(NC(=S)NC(=O)c4ccccc4)cc3n2)cc1. The number of thiocarbonyl (C=S) groups is 1. The van der Waals surface area contributed by atoms with Crippen LogP contribution in [-0.2, 0) is 0 Å². The van der Waals surface area contributed by atoms with Crippen LogP contribution in [0.4, 0.5) is 5.69 Å². The first-order valence-corrected chi connectivity index (χ1v) is 9.11. The minimum Gasteiger partial charge on any atom is -0.332 e. The summed E-state index contributed by atoms with van der Waals surface area (Å²) in [6.45, 7) is 2.04. The molecule has 138 valence electrons. The molecule has 0 saturated carbocycles. The van der Waals surface area contributed by atoms with E-state index in [-0.39, 0.29) is 11.0 Å². The van der Waals surface area contributed by atoms with Gasteiger partial charge in [0.2, 0.25) is 0 Å². The highest BCUT2D eigenvalue weighted by atomic mass is 32.1. The Kier molecular flexibility index (Phi) is 4.82. The molecule has 2 N–H and O–H groups in total. The average molecular weight is 387 g/mol. The second-order valence-corrected chi connectivity index (χ2v) is 6.71. The molecule has 3 aromatic carbocycles. The first-order valence-electron chi connectivity index (χ1n) is 8.70. The van der Waals surface area contributed by atoms with Gasteiger partial charge in [-0.1, -0.05) is 35.9 Å². The van der Waals surface area contributed by atoms with E-state index in [9.17, 15) is 4.79 Å². The molecule has 1 heterocycles. The van der Waals surface area contributed by atoms with E-state index in [1.165, 1.54) is 5.56 Å². The fourth-order valence-corrected chi connectivity index (χ4v) is 2.92. The monoisotopic (exact) mass is 387 g/mol. The first kappa shape index (κ1) is 17.8. The lowest BCUT2D eigenvalue weighted by Crippen LogP contribution is -2.34. The summed E-state index contributed by atoms with van der Waals surface area (Å²) in [5, 5.41) is 14.9. The topological polar surface area (TPSA) is 71.8 Å². The Bertz CT molecular complexity index is 1150. The molecular formula is C21H17N5OS. The van der Waals surface area contributed by atoms with Gasteiger partial charge in [0.25, 0.3) is 5.91 Å². The lowest BCUT2D eigenvalue weighted by atomic mass is 10.2. The zero-order valence-corrected chi connectivity index (χ0v) is 15.9. The Morgan fingerprint density at radius 1 is 0.929 bits per heavy atom. The third-order valence-electron chi connectivity index (χ3n) is 4.17. The van der Waals surface area contributed by atoms with Crippen molar-refractivity contribution in [3.05, 3.63) is 83.9 Å². The van der Waals surface area contributed by atoms with Gasteiger partial charge < -0.3 is 5.32 Å². The normalized spacial score (nSPS) is 10.6. The van der Waals surface area contributed by atoms with Crippen LogP contribution in [0.25, 0.3) is 16.7 Å². The minimum atomic E-state index is -0.260. The molecule has 4 aromatic rings. The van der Waals surface area contributed by atoms with Gasteiger partial charge in [-0.3, -0.25) is 10.1 Å². The molecule has 7 heteroatoms. The maximum atomic E-state index is 12.2. The van der Waals surface area contributed by atoms with Crippen LogP contribution < -0.4 is 10.6 Å². The van der Waals surface area contributed by atoms with Gasteiger partial charge in [-0.15, -0.1) is 10.2 Å². The number of hydrogen-bond acceptors (Lipinski definition) is 4. The first-order chi connectivity index (χ1) is 13.6. The summed E-state index contributed by atoms with van der Waals surface area (Å²) in [4.78, 5) is 13.8. The van der Waals surface area contributed by atoms with Gasteiger partial charge in [-0.05, 0) is 61.6 Å². The number of nitrogens with one attached hydrogen (secondary N) is 2. The van der Waals surface area contributed by atoms with E-state index in [4.69, 9.17) is 12.2 Å². The van der Waals surface area contributed by atoms with Gasteiger partial charge in [-0.25, -0.2) is 0 Å². The van der Waals surface area contributed by atoms with Crippen molar-refractivity contribution in [1.29, 1.82) is 0 Å². The molecule has 0 spiro atoms. The summed E-state index contributed by atoms with van der Waals surface area (Å²) in [6, 6.07) is 22.4. The molecule has 0 bridgehead atoms. The number of anilines is 1. The number of benzene rings is 3. The van der Waals surface area contributed by atoms with E-state index in [2.05, 4.69) is 20.8 Å². The summed E-state index contributed by atoms with van der Waals surface area (Å²) in [7, 11) is 0. The summed E-state index contributed by atoms with van der Waals surface area (Å²) in [5.74, 6) is -0.260. The van der Waals surface area contributed by atoms with Crippen molar-refractivity contribution >= 4 is 40.0 Å². The molecule has 0 aliphatic carbocycles. The molecule has 0 atom stereocenters. The molecule has 1 amide bonds. The number of amides is 1. The molecule has 0 fully saturated rings.